The normalized spacial score (nSPS) is 20.9. The second-order valence-corrected chi connectivity index (χ2v) is 9.86. The summed E-state index contributed by atoms with van der Waals surface area (Å²) in [7, 11) is 0. The number of ether oxygens (including phenoxy) is 1. The first-order valence-electron chi connectivity index (χ1n) is 12.8. The van der Waals surface area contributed by atoms with E-state index < -0.39 is 0 Å². The number of rotatable bonds is 2. The number of nitrogens with zero attached hydrogens (tertiary/aromatic N) is 4. The monoisotopic (exact) mass is 484 g/mol. The van der Waals surface area contributed by atoms with Gasteiger partial charge in [0.25, 0.3) is 0 Å². The number of fused-ring (bicyclic) bond motifs is 8. The molecule has 1 atom stereocenters. The number of hydrogen-bond acceptors (Lipinski definition) is 7. The Morgan fingerprint density at radius 1 is 1.03 bits per heavy atom. The molecule has 2 N–H and O–H groups in total. The van der Waals surface area contributed by atoms with Crippen LogP contribution in [0.4, 0.5) is 11.6 Å². The van der Waals surface area contributed by atoms with Crippen LogP contribution in [0.1, 0.15) is 29.5 Å². The average Bonchev–Trinajstić information content (AvgIpc) is 3.36. The smallest absolute Gasteiger partial charge is 0.237 e. The quantitative estimate of drug-likeness (QED) is 0.578. The third-order valence-corrected chi connectivity index (χ3v) is 7.22. The molecule has 3 aliphatic heterocycles. The van der Waals surface area contributed by atoms with Crippen molar-refractivity contribution in [1.82, 2.24) is 25.1 Å². The Labute approximate surface area is 211 Å². The Hall–Kier alpha value is -3.33. The molecular formula is C28H32N6O2. The zero-order valence-corrected chi connectivity index (χ0v) is 20.4. The van der Waals surface area contributed by atoms with Crippen LogP contribution in [0.25, 0.3) is 11.3 Å². The first-order valence-corrected chi connectivity index (χ1v) is 12.8. The number of morpholine rings is 1. The number of benzene rings is 2. The highest BCUT2D eigenvalue weighted by molar-refractivity contribution is 5.82. The predicted molar refractivity (Wildman–Crippen MR) is 139 cm³/mol. The van der Waals surface area contributed by atoms with Crippen molar-refractivity contribution in [1.29, 1.82) is 0 Å². The van der Waals surface area contributed by atoms with Crippen LogP contribution in [0.5, 0.6) is 0 Å². The number of anilines is 2. The summed E-state index contributed by atoms with van der Waals surface area (Å²) < 4.78 is 5.53. The SMILES string of the molecule is O=C1NCc2cccc(c2)-c2ccnc(n2)Nc2cc(CN3CCOCC3)cc(c2)CN2CCC[C@@H]12. The molecule has 1 amide bonds. The Morgan fingerprint density at radius 2 is 1.94 bits per heavy atom. The van der Waals surface area contributed by atoms with Crippen LogP contribution in [0.2, 0.25) is 0 Å². The molecule has 186 valence electrons. The van der Waals surface area contributed by atoms with Gasteiger partial charge in [0.15, 0.2) is 0 Å². The van der Waals surface area contributed by atoms with E-state index in [0.717, 1.165) is 81.3 Å². The van der Waals surface area contributed by atoms with Crippen molar-refractivity contribution in [2.24, 2.45) is 0 Å². The Kier molecular flexibility index (Phi) is 6.63. The molecule has 0 spiro atoms. The van der Waals surface area contributed by atoms with Gasteiger partial charge in [0.2, 0.25) is 11.9 Å². The molecule has 8 heteroatoms. The van der Waals surface area contributed by atoms with Gasteiger partial charge < -0.3 is 15.4 Å². The molecule has 0 unspecified atom stereocenters. The van der Waals surface area contributed by atoms with Gasteiger partial charge in [-0.2, -0.15) is 0 Å². The summed E-state index contributed by atoms with van der Waals surface area (Å²) in [5, 5.41) is 6.64. The highest BCUT2D eigenvalue weighted by Crippen LogP contribution is 2.26. The highest BCUT2D eigenvalue weighted by Gasteiger charge is 2.30. The lowest BCUT2D eigenvalue weighted by Gasteiger charge is -2.28. The number of aromatic nitrogens is 2. The van der Waals surface area contributed by atoms with Crippen LogP contribution in [0, 0.1) is 0 Å². The summed E-state index contributed by atoms with van der Waals surface area (Å²) in [5.41, 5.74) is 6.30. The van der Waals surface area contributed by atoms with E-state index in [2.05, 4.69) is 49.7 Å². The van der Waals surface area contributed by atoms with Gasteiger partial charge in [-0.1, -0.05) is 24.3 Å². The lowest BCUT2D eigenvalue weighted by molar-refractivity contribution is -0.125. The van der Waals surface area contributed by atoms with Crippen LogP contribution in [0.3, 0.4) is 0 Å². The van der Waals surface area contributed by atoms with Gasteiger partial charge in [-0.25, -0.2) is 9.97 Å². The number of carbonyl (C=O) groups excluding carboxylic acids is 1. The predicted octanol–water partition coefficient (Wildman–Crippen LogP) is 3.31. The first-order chi connectivity index (χ1) is 17.7. The molecule has 36 heavy (non-hydrogen) atoms. The maximum Gasteiger partial charge on any atom is 0.237 e. The maximum atomic E-state index is 13.2. The number of nitrogens with one attached hydrogen (secondary N) is 2. The van der Waals surface area contributed by atoms with E-state index >= 15 is 0 Å². The highest BCUT2D eigenvalue weighted by atomic mass is 16.5. The molecule has 2 saturated heterocycles. The van der Waals surface area contributed by atoms with Crippen LogP contribution in [-0.4, -0.2) is 64.6 Å². The standard InChI is InChI=1S/C28H32N6O2/c35-27-26-5-2-8-34(26)19-22-13-21(18-33-9-11-36-12-10-33)15-24(16-22)31-28-29-7-6-25(32-28)23-4-1-3-20(14-23)17-30-27/h1,3-4,6-7,13-16,26H,2,5,8-12,17-19H2,(H,30,35)(H,29,31,32)/t26-/m0/s1. The topological polar surface area (TPSA) is 82.6 Å². The zero-order chi connectivity index (χ0) is 24.3. The Balaban J connectivity index is 1.38. The summed E-state index contributed by atoms with van der Waals surface area (Å²) >= 11 is 0. The van der Waals surface area contributed by atoms with E-state index in [1.54, 1.807) is 6.20 Å². The molecule has 0 radical (unpaired) electrons. The summed E-state index contributed by atoms with van der Waals surface area (Å²) in [4.78, 5) is 27.2. The van der Waals surface area contributed by atoms with Crippen LogP contribution < -0.4 is 10.6 Å². The van der Waals surface area contributed by atoms with E-state index in [-0.39, 0.29) is 11.9 Å². The van der Waals surface area contributed by atoms with Crippen molar-refractivity contribution < 1.29 is 9.53 Å². The molecule has 3 aliphatic rings. The lowest BCUT2D eigenvalue weighted by Crippen LogP contribution is -2.42. The van der Waals surface area contributed by atoms with Gasteiger partial charge in [0.05, 0.1) is 24.9 Å². The molecule has 3 aromatic rings. The second-order valence-electron chi connectivity index (χ2n) is 9.86. The maximum absolute atomic E-state index is 13.2. The summed E-state index contributed by atoms with van der Waals surface area (Å²) in [5.74, 6) is 0.684. The lowest BCUT2D eigenvalue weighted by atomic mass is 10.1. The number of carbonyl (C=O) groups is 1. The first kappa shape index (κ1) is 23.1. The minimum absolute atomic E-state index is 0.100. The van der Waals surface area contributed by atoms with Crippen molar-refractivity contribution in [3.8, 4) is 11.3 Å². The Morgan fingerprint density at radius 3 is 2.86 bits per heavy atom. The van der Waals surface area contributed by atoms with E-state index in [1.807, 2.05) is 24.3 Å². The molecule has 8 nitrogen and oxygen atoms in total. The largest absolute Gasteiger partial charge is 0.379 e. The van der Waals surface area contributed by atoms with Crippen LogP contribution >= 0.6 is 0 Å². The minimum atomic E-state index is -0.100. The van der Waals surface area contributed by atoms with Gasteiger partial charge in [-0.05, 0) is 60.3 Å². The third kappa shape index (κ3) is 5.26. The molecule has 2 fully saturated rings. The summed E-state index contributed by atoms with van der Waals surface area (Å²) in [6.07, 6.45) is 3.71. The molecule has 0 saturated carbocycles. The molecule has 4 heterocycles. The van der Waals surface area contributed by atoms with Crippen molar-refractivity contribution in [2.75, 3.05) is 38.2 Å². The van der Waals surface area contributed by atoms with E-state index in [1.165, 1.54) is 11.1 Å². The Bertz CT molecular complexity index is 1240. The molecule has 2 aromatic carbocycles. The van der Waals surface area contributed by atoms with Crippen molar-refractivity contribution in [3.05, 3.63) is 71.4 Å². The molecule has 0 aliphatic carbocycles. The average molecular weight is 485 g/mol. The molecule has 1 aromatic heterocycles. The fourth-order valence-corrected chi connectivity index (χ4v) is 5.44. The van der Waals surface area contributed by atoms with Gasteiger partial charge >= 0.3 is 0 Å². The van der Waals surface area contributed by atoms with E-state index in [9.17, 15) is 4.79 Å². The van der Waals surface area contributed by atoms with E-state index in [0.29, 0.717) is 12.5 Å². The fraction of sp³-hybridized carbons (Fsp3) is 0.393. The van der Waals surface area contributed by atoms with Gasteiger partial charge in [0, 0.05) is 50.2 Å². The molecule has 6 rings (SSSR count). The van der Waals surface area contributed by atoms with Gasteiger partial charge in [0.1, 0.15) is 0 Å². The van der Waals surface area contributed by atoms with Crippen molar-refractivity contribution in [3.63, 3.8) is 0 Å². The number of amides is 1. The molecule has 6 bridgehead atoms. The van der Waals surface area contributed by atoms with Crippen LogP contribution in [0.15, 0.2) is 54.7 Å². The van der Waals surface area contributed by atoms with E-state index in [4.69, 9.17) is 9.72 Å². The summed E-state index contributed by atoms with van der Waals surface area (Å²) in [6, 6.07) is 16.6. The third-order valence-electron chi connectivity index (χ3n) is 7.22. The van der Waals surface area contributed by atoms with Crippen molar-refractivity contribution in [2.45, 2.75) is 38.5 Å². The van der Waals surface area contributed by atoms with Crippen molar-refractivity contribution >= 4 is 17.5 Å². The fourth-order valence-electron chi connectivity index (χ4n) is 5.44. The second kappa shape index (κ2) is 10.3. The van der Waals surface area contributed by atoms with Gasteiger partial charge in [-0.15, -0.1) is 0 Å². The minimum Gasteiger partial charge on any atom is -0.379 e. The molecular weight excluding hydrogens is 452 g/mol. The van der Waals surface area contributed by atoms with Crippen LogP contribution in [-0.2, 0) is 29.2 Å². The summed E-state index contributed by atoms with van der Waals surface area (Å²) in [6.45, 7) is 6.46. The zero-order valence-electron chi connectivity index (χ0n) is 20.4. The number of hydrogen-bond donors (Lipinski definition) is 2. The van der Waals surface area contributed by atoms with Gasteiger partial charge in [-0.3, -0.25) is 14.6 Å².